The Labute approximate surface area is 212 Å². The van der Waals surface area contributed by atoms with E-state index in [0.29, 0.717) is 24.6 Å². The van der Waals surface area contributed by atoms with E-state index in [4.69, 9.17) is 4.74 Å². The van der Waals surface area contributed by atoms with E-state index < -0.39 is 11.7 Å². The number of rotatable bonds is 5. The summed E-state index contributed by atoms with van der Waals surface area (Å²) in [7, 11) is 1.86. The number of hydrogen-bond acceptors (Lipinski definition) is 4. The molecule has 2 aromatic rings. The third-order valence-electron chi connectivity index (χ3n) is 10.6. The van der Waals surface area contributed by atoms with Gasteiger partial charge in [0.15, 0.2) is 0 Å². The van der Waals surface area contributed by atoms with Crippen molar-refractivity contribution in [2.24, 2.45) is 11.3 Å². The minimum atomic E-state index is -1.26. The lowest BCUT2D eigenvalue weighted by Gasteiger charge is -2.70. The molecule has 0 unspecified atom stereocenters. The van der Waals surface area contributed by atoms with E-state index in [1.165, 1.54) is 30.5 Å². The normalized spacial score (nSPS) is 37.2. The number of benzene rings is 2. The number of likely N-dealkylation sites (N-methyl/N-ethyl adjacent to an activating group) is 1. The van der Waals surface area contributed by atoms with Gasteiger partial charge in [-0.2, -0.15) is 0 Å². The lowest BCUT2D eigenvalue weighted by atomic mass is 9.38. The molecule has 2 aliphatic heterocycles. The number of hydrogen-bond donors (Lipinski definition) is 1. The third kappa shape index (κ3) is 2.51. The average molecular weight is 483 g/mol. The monoisotopic (exact) mass is 482 g/mol. The van der Waals surface area contributed by atoms with Crippen LogP contribution < -0.4 is 4.74 Å². The molecule has 3 fully saturated rings. The lowest BCUT2D eigenvalue weighted by Crippen LogP contribution is -2.78. The highest BCUT2D eigenvalue weighted by molar-refractivity contribution is 5.97. The van der Waals surface area contributed by atoms with E-state index in [2.05, 4.69) is 29.2 Å². The molecule has 1 N–H and O–H groups in total. The zero-order valence-electron chi connectivity index (χ0n) is 21.0. The molecule has 1 amide bonds. The van der Waals surface area contributed by atoms with Crippen molar-refractivity contribution in [3.8, 4) is 5.75 Å². The molecule has 2 heterocycles. The van der Waals surface area contributed by atoms with Gasteiger partial charge in [0.2, 0.25) is 0 Å². The van der Waals surface area contributed by atoms with Crippen LogP contribution in [0.4, 0.5) is 0 Å². The molecular weight excluding hydrogens is 448 g/mol. The second kappa shape index (κ2) is 7.02. The molecule has 7 aliphatic rings. The van der Waals surface area contributed by atoms with Gasteiger partial charge in [-0.25, -0.2) is 0 Å². The standard InChI is InChI=1S/C31H34N2O3/c1-32(18-20-6-3-2-4-7-20)27(34)23-17-29-12-13-31(23,35)28-30(29)14-15-33(19-21-10-11-21)25(29)16-22-8-5-9-24(36-28)26(22)30/h2-9,17,21,25,28,35H,10-16,18-19H2,1H3/t25-,28-,29-,30+,31-/m1/s1. The minimum Gasteiger partial charge on any atom is -0.486 e. The van der Waals surface area contributed by atoms with Gasteiger partial charge in [-0.05, 0) is 68.2 Å². The molecule has 0 radical (unpaired) electrons. The maximum absolute atomic E-state index is 14.0. The van der Waals surface area contributed by atoms with Crippen molar-refractivity contribution in [3.63, 3.8) is 0 Å². The predicted octanol–water partition coefficient (Wildman–Crippen LogP) is 3.84. The summed E-state index contributed by atoms with van der Waals surface area (Å²) in [5.74, 6) is 1.70. The molecule has 2 saturated carbocycles. The van der Waals surface area contributed by atoms with E-state index in [1.807, 2.05) is 37.4 Å². The quantitative estimate of drug-likeness (QED) is 0.704. The summed E-state index contributed by atoms with van der Waals surface area (Å²) in [5.41, 5.74) is 2.73. The van der Waals surface area contributed by atoms with Gasteiger partial charge in [0.25, 0.3) is 5.91 Å². The zero-order chi connectivity index (χ0) is 24.3. The average Bonchev–Trinajstić information content (AvgIpc) is 3.63. The largest absolute Gasteiger partial charge is 0.486 e. The van der Waals surface area contributed by atoms with Crippen molar-refractivity contribution in [2.75, 3.05) is 20.1 Å². The highest BCUT2D eigenvalue weighted by atomic mass is 16.5. The highest BCUT2D eigenvalue weighted by Crippen LogP contribution is 2.73. The number of carbonyl (C=O) groups excluding carboxylic acids is 1. The Bertz CT molecular complexity index is 1300. The second-order valence-electron chi connectivity index (χ2n) is 12.3. The molecule has 5 atom stereocenters. The maximum Gasteiger partial charge on any atom is 0.252 e. The van der Waals surface area contributed by atoms with Crippen LogP contribution in [-0.4, -0.2) is 58.7 Å². The van der Waals surface area contributed by atoms with Gasteiger partial charge in [0.05, 0.1) is 5.41 Å². The SMILES string of the molecule is CN(Cc1ccccc1)C(=O)C1=C[C@@]23CC[C@]1(O)[C@@H]1Oc4cccc5c4[C@@]12CCN(CC1CC1)[C@@H]3C5. The fourth-order valence-corrected chi connectivity index (χ4v) is 8.91. The summed E-state index contributed by atoms with van der Waals surface area (Å²) in [4.78, 5) is 18.6. The van der Waals surface area contributed by atoms with Gasteiger partial charge in [0, 0.05) is 42.7 Å². The molecular formula is C31H34N2O3. The summed E-state index contributed by atoms with van der Waals surface area (Å²) in [6.07, 6.45) is 8.07. The van der Waals surface area contributed by atoms with Gasteiger partial charge < -0.3 is 14.7 Å². The third-order valence-corrected chi connectivity index (χ3v) is 10.6. The first-order chi connectivity index (χ1) is 17.5. The summed E-state index contributed by atoms with van der Waals surface area (Å²) in [5, 5.41) is 12.4. The molecule has 5 aliphatic carbocycles. The van der Waals surface area contributed by atoms with Crippen LogP contribution in [-0.2, 0) is 23.2 Å². The number of piperidine rings is 1. The van der Waals surface area contributed by atoms with Gasteiger partial charge in [-0.3, -0.25) is 9.69 Å². The fourth-order valence-electron chi connectivity index (χ4n) is 8.91. The van der Waals surface area contributed by atoms with E-state index in [0.717, 1.165) is 43.0 Å². The zero-order valence-corrected chi connectivity index (χ0v) is 21.0. The van der Waals surface area contributed by atoms with Gasteiger partial charge in [-0.15, -0.1) is 0 Å². The van der Waals surface area contributed by atoms with E-state index in [9.17, 15) is 9.90 Å². The Morgan fingerprint density at radius 3 is 2.75 bits per heavy atom. The number of likely N-dealkylation sites (tertiary alicyclic amines) is 1. The summed E-state index contributed by atoms with van der Waals surface area (Å²) in [6.45, 7) is 2.74. The van der Waals surface area contributed by atoms with E-state index in [1.54, 1.807) is 4.90 Å². The number of aliphatic hydroxyl groups is 1. The number of amides is 1. The van der Waals surface area contributed by atoms with Crippen molar-refractivity contribution < 1.29 is 14.6 Å². The first kappa shape index (κ1) is 21.5. The molecule has 0 aromatic heterocycles. The molecule has 2 aromatic carbocycles. The summed E-state index contributed by atoms with van der Waals surface area (Å²) in [6, 6.07) is 16.9. The van der Waals surface area contributed by atoms with E-state index >= 15 is 0 Å². The Hall–Kier alpha value is -2.63. The summed E-state index contributed by atoms with van der Waals surface area (Å²) >= 11 is 0. The van der Waals surface area contributed by atoms with Gasteiger partial charge in [-0.1, -0.05) is 48.5 Å². The van der Waals surface area contributed by atoms with Gasteiger partial charge in [0.1, 0.15) is 17.5 Å². The number of fused-ring (bicyclic) bond motifs is 1. The van der Waals surface area contributed by atoms with Crippen LogP contribution in [0.3, 0.4) is 0 Å². The number of carbonyl (C=O) groups is 1. The smallest absolute Gasteiger partial charge is 0.252 e. The predicted molar refractivity (Wildman–Crippen MR) is 137 cm³/mol. The maximum atomic E-state index is 14.0. The van der Waals surface area contributed by atoms with Crippen LogP contribution in [0.15, 0.2) is 60.2 Å². The molecule has 9 rings (SSSR count). The number of ether oxygens (including phenoxy) is 1. The first-order valence-electron chi connectivity index (χ1n) is 13.7. The van der Waals surface area contributed by atoms with Crippen molar-refractivity contribution in [1.29, 1.82) is 0 Å². The molecule has 36 heavy (non-hydrogen) atoms. The molecule has 1 saturated heterocycles. The Kier molecular flexibility index (Phi) is 4.18. The Morgan fingerprint density at radius 2 is 1.94 bits per heavy atom. The van der Waals surface area contributed by atoms with Gasteiger partial charge >= 0.3 is 0 Å². The van der Waals surface area contributed by atoms with Crippen LogP contribution >= 0.6 is 0 Å². The minimum absolute atomic E-state index is 0.0625. The van der Waals surface area contributed by atoms with Crippen LogP contribution in [0.1, 0.15) is 48.8 Å². The molecule has 2 spiro atoms. The highest BCUT2D eigenvalue weighted by Gasteiger charge is 2.78. The van der Waals surface area contributed by atoms with Crippen LogP contribution in [0.25, 0.3) is 0 Å². The van der Waals surface area contributed by atoms with E-state index in [-0.39, 0.29) is 16.7 Å². The molecule has 4 bridgehead atoms. The van der Waals surface area contributed by atoms with Crippen molar-refractivity contribution in [3.05, 3.63) is 76.9 Å². The topological polar surface area (TPSA) is 53.0 Å². The first-order valence-corrected chi connectivity index (χ1v) is 13.7. The summed E-state index contributed by atoms with van der Waals surface area (Å²) < 4.78 is 6.74. The van der Waals surface area contributed by atoms with Crippen LogP contribution in [0, 0.1) is 11.3 Å². The fraction of sp³-hybridized carbons (Fsp3) is 0.516. The van der Waals surface area contributed by atoms with Crippen LogP contribution in [0.5, 0.6) is 5.75 Å². The second-order valence-corrected chi connectivity index (χ2v) is 12.3. The molecule has 5 heteroatoms. The Balaban J connectivity index is 1.27. The van der Waals surface area contributed by atoms with Crippen molar-refractivity contribution in [1.82, 2.24) is 9.80 Å². The van der Waals surface area contributed by atoms with Crippen molar-refractivity contribution >= 4 is 5.91 Å². The molecule has 5 nitrogen and oxygen atoms in total. The molecule has 186 valence electrons. The van der Waals surface area contributed by atoms with Crippen LogP contribution in [0.2, 0.25) is 0 Å². The Morgan fingerprint density at radius 1 is 1.11 bits per heavy atom. The van der Waals surface area contributed by atoms with Crippen molar-refractivity contribution in [2.45, 2.75) is 68.2 Å². The number of nitrogens with zero attached hydrogens (tertiary/aromatic N) is 2. The lowest BCUT2D eigenvalue weighted by molar-refractivity contribution is -0.188.